The zero-order chi connectivity index (χ0) is 14.4. The normalized spacial score (nSPS) is 10.1. The van der Waals surface area contributed by atoms with E-state index in [0.29, 0.717) is 5.69 Å². The molecule has 6 heteroatoms. The molecule has 104 valence electrons. The van der Waals surface area contributed by atoms with Gasteiger partial charge in [-0.05, 0) is 19.9 Å². The zero-order valence-electron chi connectivity index (χ0n) is 11.3. The summed E-state index contributed by atoms with van der Waals surface area (Å²) >= 11 is 0. The second kappa shape index (κ2) is 6.72. The first-order chi connectivity index (χ1) is 9.01. The predicted molar refractivity (Wildman–Crippen MR) is 67.0 cm³/mol. The monoisotopic (exact) mass is 267 g/mol. The highest BCUT2D eigenvalue weighted by molar-refractivity contribution is 5.94. The minimum atomic E-state index is -0.554. The Kier molecular flexibility index (Phi) is 5.29. The minimum absolute atomic E-state index is 0.144. The summed E-state index contributed by atoms with van der Waals surface area (Å²) in [5.41, 5.74) is 0.509. The molecule has 1 rings (SSSR count). The van der Waals surface area contributed by atoms with E-state index in [-0.39, 0.29) is 31.1 Å². The van der Waals surface area contributed by atoms with Crippen molar-refractivity contribution in [2.24, 2.45) is 0 Å². The van der Waals surface area contributed by atoms with Crippen molar-refractivity contribution < 1.29 is 23.9 Å². The molecular weight excluding hydrogens is 250 g/mol. The summed E-state index contributed by atoms with van der Waals surface area (Å²) in [5.74, 6) is -1.33. The van der Waals surface area contributed by atoms with Crippen LogP contribution in [-0.4, -0.2) is 35.6 Å². The molecule has 0 saturated carbocycles. The molecule has 1 heterocycles. The van der Waals surface area contributed by atoms with Gasteiger partial charge < -0.3 is 9.47 Å². The molecule has 0 radical (unpaired) electrons. The Morgan fingerprint density at radius 3 is 2.32 bits per heavy atom. The van der Waals surface area contributed by atoms with E-state index < -0.39 is 11.9 Å². The molecule has 0 atom stereocenters. The molecule has 0 unspecified atom stereocenters. The van der Waals surface area contributed by atoms with Crippen LogP contribution in [0.15, 0.2) is 12.3 Å². The number of ether oxygens (including phenoxy) is 2. The van der Waals surface area contributed by atoms with E-state index in [1.807, 2.05) is 0 Å². The molecule has 0 aromatic carbocycles. The third-order valence-corrected chi connectivity index (χ3v) is 2.44. The molecule has 0 spiro atoms. The van der Waals surface area contributed by atoms with Crippen molar-refractivity contribution in [1.29, 1.82) is 0 Å². The van der Waals surface area contributed by atoms with Crippen LogP contribution in [0.4, 0.5) is 0 Å². The Labute approximate surface area is 111 Å². The van der Waals surface area contributed by atoms with E-state index in [9.17, 15) is 14.4 Å². The number of hydrogen-bond donors (Lipinski definition) is 0. The molecule has 1 aromatic heterocycles. The summed E-state index contributed by atoms with van der Waals surface area (Å²) in [5, 5.41) is 0. The lowest BCUT2D eigenvalue weighted by molar-refractivity contribution is -0.142. The topological polar surface area (TPSA) is 74.6 Å². The van der Waals surface area contributed by atoms with Crippen LogP contribution in [0.2, 0.25) is 0 Å². The number of hydrogen-bond acceptors (Lipinski definition) is 5. The van der Waals surface area contributed by atoms with Gasteiger partial charge in [-0.2, -0.15) is 0 Å². The molecule has 0 aliphatic carbocycles. The van der Waals surface area contributed by atoms with Crippen LogP contribution in [0.3, 0.4) is 0 Å². The van der Waals surface area contributed by atoms with Gasteiger partial charge in [0.25, 0.3) is 0 Å². The smallest absolute Gasteiger partial charge is 0.339 e. The van der Waals surface area contributed by atoms with Gasteiger partial charge in [0, 0.05) is 13.1 Å². The first-order valence-electron chi connectivity index (χ1n) is 6.05. The Balaban J connectivity index is 3.08. The number of rotatable bonds is 5. The largest absolute Gasteiger partial charge is 0.466 e. The quantitative estimate of drug-likeness (QED) is 0.754. The summed E-state index contributed by atoms with van der Waals surface area (Å²) in [4.78, 5) is 34.7. The summed E-state index contributed by atoms with van der Waals surface area (Å²) in [6.07, 6.45) is 1.30. The molecular formula is C13H17NO5. The Hall–Kier alpha value is -2.11. The van der Waals surface area contributed by atoms with E-state index >= 15 is 0 Å². The van der Waals surface area contributed by atoms with Gasteiger partial charge in [-0.15, -0.1) is 0 Å². The Morgan fingerprint density at radius 2 is 1.79 bits per heavy atom. The molecule has 6 nitrogen and oxygen atoms in total. The Bertz CT molecular complexity index is 489. The third kappa shape index (κ3) is 3.67. The van der Waals surface area contributed by atoms with Crippen LogP contribution in [0.5, 0.6) is 0 Å². The van der Waals surface area contributed by atoms with Crippen molar-refractivity contribution >= 4 is 17.8 Å². The average Bonchev–Trinajstić information content (AvgIpc) is 2.73. The Morgan fingerprint density at radius 1 is 1.16 bits per heavy atom. The molecule has 0 bridgehead atoms. The first-order valence-corrected chi connectivity index (χ1v) is 6.05. The lowest BCUT2D eigenvalue weighted by Gasteiger charge is -2.08. The second-order valence-corrected chi connectivity index (χ2v) is 3.77. The van der Waals surface area contributed by atoms with E-state index in [0.717, 1.165) is 0 Å². The summed E-state index contributed by atoms with van der Waals surface area (Å²) in [6, 6.07) is 1.47. The van der Waals surface area contributed by atoms with Crippen molar-refractivity contribution in [2.75, 3.05) is 13.2 Å². The molecule has 0 aliphatic heterocycles. The number of nitrogens with zero attached hydrogens (tertiary/aromatic N) is 1. The van der Waals surface area contributed by atoms with Gasteiger partial charge in [-0.1, -0.05) is 0 Å². The predicted octanol–water partition coefficient (Wildman–Crippen LogP) is 1.43. The fourth-order valence-electron chi connectivity index (χ4n) is 1.68. The molecule has 19 heavy (non-hydrogen) atoms. The molecule has 0 fully saturated rings. The average molecular weight is 267 g/mol. The van der Waals surface area contributed by atoms with Crippen LogP contribution in [0.25, 0.3) is 0 Å². The number of aromatic nitrogens is 1. The van der Waals surface area contributed by atoms with E-state index in [4.69, 9.17) is 9.47 Å². The van der Waals surface area contributed by atoms with Crippen LogP contribution in [0, 0.1) is 0 Å². The second-order valence-electron chi connectivity index (χ2n) is 3.77. The lowest BCUT2D eigenvalue weighted by atomic mass is 10.2. The van der Waals surface area contributed by atoms with Gasteiger partial charge in [0.15, 0.2) is 0 Å². The van der Waals surface area contributed by atoms with Gasteiger partial charge in [0.2, 0.25) is 5.91 Å². The van der Waals surface area contributed by atoms with Gasteiger partial charge in [0.1, 0.15) is 0 Å². The maximum atomic E-state index is 11.7. The standard InChI is InChI=1S/C13H17NO5/c1-4-18-12(16)8-11-10(13(17)19-5-2)6-7-14(11)9(3)15/h6-7H,4-5,8H2,1-3H3. The van der Waals surface area contributed by atoms with Crippen molar-refractivity contribution in [3.63, 3.8) is 0 Å². The summed E-state index contributed by atoms with van der Waals surface area (Å²) in [6.45, 7) is 5.19. The van der Waals surface area contributed by atoms with Crippen LogP contribution < -0.4 is 0 Å². The first kappa shape index (κ1) is 14.9. The third-order valence-electron chi connectivity index (χ3n) is 2.44. The van der Waals surface area contributed by atoms with Crippen molar-refractivity contribution in [2.45, 2.75) is 27.2 Å². The van der Waals surface area contributed by atoms with Crippen LogP contribution in [0.1, 0.15) is 41.6 Å². The maximum absolute atomic E-state index is 11.7. The molecule has 0 saturated heterocycles. The summed E-state index contributed by atoms with van der Waals surface area (Å²) < 4.78 is 11.0. The van der Waals surface area contributed by atoms with Gasteiger partial charge in [-0.3, -0.25) is 14.2 Å². The van der Waals surface area contributed by atoms with E-state index in [1.54, 1.807) is 13.8 Å². The number of carbonyl (C=O) groups excluding carboxylic acids is 3. The highest BCUT2D eigenvalue weighted by atomic mass is 16.5. The van der Waals surface area contributed by atoms with Crippen molar-refractivity contribution in [3.05, 3.63) is 23.5 Å². The lowest BCUT2D eigenvalue weighted by Crippen LogP contribution is -2.18. The van der Waals surface area contributed by atoms with Crippen LogP contribution in [-0.2, 0) is 20.7 Å². The zero-order valence-corrected chi connectivity index (χ0v) is 11.3. The van der Waals surface area contributed by atoms with Crippen molar-refractivity contribution in [3.8, 4) is 0 Å². The highest BCUT2D eigenvalue weighted by Gasteiger charge is 2.21. The van der Waals surface area contributed by atoms with Crippen molar-refractivity contribution in [1.82, 2.24) is 4.57 Å². The molecule has 0 N–H and O–H groups in total. The number of esters is 2. The summed E-state index contributed by atoms with van der Waals surface area (Å²) in [7, 11) is 0. The van der Waals surface area contributed by atoms with E-state index in [1.165, 1.54) is 23.8 Å². The number of carbonyl (C=O) groups is 3. The minimum Gasteiger partial charge on any atom is -0.466 e. The van der Waals surface area contributed by atoms with E-state index in [2.05, 4.69) is 0 Å². The molecule has 0 amide bonds. The fraction of sp³-hybridized carbons (Fsp3) is 0.462. The maximum Gasteiger partial charge on any atom is 0.339 e. The fourth-order valence-corrected chi connectivity index (χ4v) is 1.68. The SMILES string of the molecule is CCOC(=O)Cc1c(C(=O)OCC)ccn1C(C)=O. The molecule has 0 aliphatic rings. The van der Waals surface area contributed by atoms with Gasteiger partial charge in [-0.25, -0.2) is 4.79 Å². The molecule has 1 aromatic rings. The highest BCUT2D eigenvalue weighted by Crippen LogP contribution is 2.14. The van der Waals surface area contributed by atoms with Gasteiger partial charge in [0.05, 0.1) is 30.9 Å². The van der Waals surface area contributed by atoms with Crippen LogP contribution >= 0.6 is 0 Å². The van der Waals surface area contributed by atoms with Gasteiger partial charge >= 0.3 is 11.9 Å².